The standard InChI is InChI=1S/C16H17N3O3S/c1-11-9-13(7-8-17-11)18-23(21,22)14-4-5-15-12(10-14)3-6-16(20)19(15)2/h4-5,7-10H,3,6H2,1-2H3,(H,17,18). The van der Waals surface area contributed by atoms with Crippen LogP contribution in [0.5, 0.6) is 0 Å². The van der Waals surface area contributed by atoms with E-state index < -0.39 is 10.0 Å². The molecule has 0 fully saturated rings. The normalized spacial score (nSPS) is 14.5. The van der Waals surface area contributed by atoms with Gasteiger partial charge in [0.25, 0.3) is 10.0 Å². The van der Waals surface area contributed by atoms with Crippen molar-refractivity contribution in [3.8, 4) is 0 Å². The summed E-state index contributed by atoms with van der Waals surface area (Å²) in [5.74, 6) is 0.0403. The lowest BCUT2D eigenvalue weighted by Gasteiger charge is -2.26. The van der Waals surface area contributed by atoms with Crippen LogP contribution in [0.15, 0.2) is 41.4 Å². The summed E-state index contributed by atoms with van der Waals surface area (Å²) in [4.78, 5) is 17.5. The lowest BCUT2D eigenvalue weighted by molar-refractivity contribution is -0.118. The van der Waals surface area contributed by atoms with Crippen molar-refractivity contribution in [1.29, 1.82) is 0 Å². The summed E-state index contributed by atoms with van der Waals surface area (Å²) in [6.45, 7) is 1.80. The number of rotatable bonds is 3. The first-order valence-corrected chi connectivity index (χ1v) is 8.70. The van der Waals surface area contributed by atoms with Crippen LogP contribution in [-0.4, -0.2) is 26.4 Å². The highest BCUT2D eigenvalue weighted by molar-refractivity contribution is 7.92. The quantitative estimate of drug-likeness (QED) is 0.934. The highest BCUT2D eigenvalue weighted by Gasteiger charge is 2.23. The summed E-state index contributed by atoms with van der Waals surface area (Å²) < 4.78 is 27.6. The first kappa shape index (κ1) is 15.5. The molecule has 7 heteroatoms. The van der Waals surface area contributed by atoms with Gasteiger partial charge in [0.1, 0.15) is 0 Å². The fourth-order valence-electron chi connectivity index (χ4n) is 2.62. The summed E-state index contributed by atoms with van der Waals surface area (Å²) in [5.41, 5.74) is 2.83. The molecule has 120 valence electrons. The number of fused-ring (bicyclic) bond motifs is 1. The van der Waals surface area contributed by atoms with Crippen molar-refractivity contribution in [2.24, 2.45) is 0 Å². The molecule has 0 saturated carbocycles. The van der Waals surface area contributed by atoms with E-state index >= 15 is 0 Å². The van der Waals surface area contributed by atoms with E-state index in [2.05, 4.69) is 9.71 Å². The summed E-state index contributed by atoms with van der Waals surface area (Å²) in [6, 6.07) is 8.11. The van der Waals surface area contributed by atoms with E-state index in [1.165, 1.54) is 6.07 Å². The minimum Gasteiger partial charge on any atom is -0.315 e. The molecule has 0 saturated heterocycles. The number of anilines is 2. The van der Waals surface area contributed by atoms with Crippen LogP contribution < -0.4 is 9.62 Å². The van der Waals surface area contributed by atoms with Crippen LogP contribution in [0.3, 0.4) is 0 Å². The number of hydrogen-bond donors (Lipinski definition) is 1. The van der Waals surface area contributed by atoms with Gasteiger partial charge in [0.15, 0.2) is 0 Å². The number of nitrogens with one attached hydrogen (secondary N) is 1. The Bertz CT molecular complexity index is 878. The molecule has 0 bridgehead atoms. The minimum atomic E-state index is -3.68. The van der Waals surface area contributed by atoms with Crippen molar-refractivity contribution >= 4 is 27.3 Å². The molecular formula is C16H17N3O3S. The van der Waals surface area contributed by atoms with Crippen LogP contribution in [0.2, 0.25) is 0 Å². The zero-order valence-corrected chi connectivity index (χ0v) is 13.7. The number of pyridine rings is 1. The number of carbonyl (C=O) groups excluding carboxylic acids is 1. The van der Waals surface area contributed by atoms with E-state index in [4.69, 9.17) is 0 Å². The molecule has 2 aromatic rings. The average Bonchev–Trinajstić information content (AvgIpc) is 2.50. The highest BCUT2D eigenvalue weighted by atomic mass is 32.2. The molecule has 3 rings (SSSR count). The maximum absolute atomic E-state index is 12.5. The van der Waals surface area contributed by atoms with Gasteiger partial charge in [-0.25, -0.2) is 8.42 Å². The molecule has 2 heterocycles. The Morgan fingerprint density at radius 3 is 2.70 bits per heavy atom. The predicted molar refractivity (Wildman–Crippen MR) is 88.0 cm³/mol. The number of hydrogen-bond acceptors (Lipinski definition) is 4. The van der Waals surface area contributed by atoms with Crippen LogP contribution in [0.1, 0.15) is 17.7 Å². The maximum Gasteiger partial charge on any atom is 0.261 e. The lowest BCUT2D eigenvalue weighted by atomic mass is 10.0. The van der Waals surface area contributed by atoms with Crippen molar-refractivity contribution < 1.29 is 13.2 Å². The molecule has 1 aromatic carbocycles. The number of aryl methyl sites for hydroxylation is 2. The maximum atomic E-state index is 12.5. The number of benzene rings is 1. The Hall–Kier alpha value is -2.41. The fraction of sp³-hybridized carbons (Fsp3) is 0.250. The second-order valence-corrected chi connectivity index (χ2v) is 7.22. The Morgan fingerprint density at radius 1 is 1.17 bits per heavy atom. The molecule has 0 aliphatic carbocycles. The van der Waals surface area contributed by atoms with Gasteiger partial charge in [-0.1, -0.05) is 0 Å². The summed E-state index contributed by atoms with van der Waals surface area (Å²) in [6.07, 6.45) is 2.50. The SMILES string of the molecule is Cc1cc(NS(=O)(=O)c2ccc3c(c2)CCC(=O)N3C)ccn1. The van der Waals surface area contributed by atoms with E-state index in [9.17, 15) is 13.2 Å². The Balaban J connectivity index is 1.93. The molecule has 1 N–H and O–H groups in total. The van der Waals surface area contributed by atoms with Crippen LogP contribution in [0, 0.1) is 6.92 Å². The molecule has 1 aliphatic heterocycles. The molecule has 0 atom stereocenters. The van der Waals surface area contributed by atoms with Crippen molar-refractivity contribution in [3.05, 3.63) is 47.8 Å². The van der Waals surface area contributed by atoms with Gasteiger partial charge in [0.2, 0.25) is 5.91 Å². The van der Waals surface area contributed by atoms with E-state index in [0.717, 1.165) is 16.9 Å². The molecule has 0 unspecified atom stereocenters. The predicted octanol–water partition coefficient (Wildman–Crippen LogP) is 2.10. The number of nitrogens with zero attached hydrogens (tertiary/aromatic N) is 2. The second kappa shape index (κ2) is 5.66. The van der Waals surface area contributed by atoms with Gasteiger partial charge >= 0.3 is 0 Å². The molecule has 0 radical (unpaired) electrons. The third-order valence-electron chi connectivity index (χ3n) is 3.85. The van der Waals surface area contributed by atoms with Crippen molar-refractivity contribution in [1.82, 2.24) is 4.98 Å². The number of sulfonamides is 1. The lowest BCUT2D eigenvalue weighted by Crippen LogP contribution is -2.31. The van der Waals surface area contributed by atoms with E-state index in [1.807, 2.05) is 0 Å². The zero-order valence-electron chi connectivity index (χ0n) is 12.9. The molecular weight excluding hydrogens is 314 g/mol. The topological polar surface area (TPSA) is 79.4 Å². The van der Waals surface area contributed by atoms with Gasteiger partial charge in [-0.2, -0.15) is 0 Å². The molecule has 0 spiro atoms. The Labute approximate surface area is 135 Å². The third-order valence-corrected chi connectivity index (χ3v) is 5.23. The van der Waals surface area contributed by atoms with Crippen LogP contribution >= 0.6 is 0 Å². The van der Waals surface area contributed by atoms with Crippen LogP contribution in [-0.2, 0) is 21.2 Å². The first-order chi connectivity index (χ1) is 10.9. The van der Waals surface area contributed by atoms with Crippen LogP contribution in [0.25, 0.3) is 0 Å². The number of carbonyl (C=O) groups is 1. The first-order valence-electron chi connectivity index (χ1n) is 7.22. The minimum absolute atomic E-state index is 0.0403. The molecule has 1 aliphatic rings. The summed E-state index contributed by atoms with van der Waals surface area (Å²) in [5, 5.41) is 0. The van der Waals surface area contributed by atoms with Crippen molar-refractivity contribution in [2.45, 2.75) is 24.7 Å². The monoisotopic (exact) mass is 331 g/mol. The van der Waals surface area contributed by atoms with E-state index in [1.54, 1.807) is 49.3 Å². The van der Waals surface area contributed by atoms with Gasteiger partial charge in [0.05, 0.1) is 10.6 Å². The largest absolute Gasteiger partial charge is 0.315 e. The van der Waals surface area contributed by atoms with E-state index in [0.29, 0.717) is 18.5 Å². The van der Waals surface area contributed by atoms with Gasteiger partial charge in [-0.3, -0.25) is 14.5 Å². The van der Waals surface area contributed by atoms with Gasteiger partial charge in [-0.05, 0) is 49.2 Å². The fourth-order valence-corrected chi connectivity index (χ4v) is 3.72. The smallest absolute Gasteiger partial charge is 0.261 e. The Kier molecular flexibility index (Phi) is 3.81. The Morgan fingerprint density at radius 2 is 1.96 bits per heavy atom. The van der Waals surface area contributed by atoms with Crippen molar-refractivity contribution in [2.75, 3.05) is 16.7 Å². The zero-order chi connectivity index (χ0) is 16.6. The molecule has 1 aromatic heterocycles. The molecule has 23 heavy (non-hydrogen) atoms. The highest BCUT2D eigenvalue weighted by Crippen LogP contribution is 2.29. The van der Waals surface area contributed by atoms with Gasteiger partial charge < -0.3 is 4.90 Å². The van der Waals surface area contributed by atoms with Gasteiger partial charge in [-0.15, -0.1) is 0 Å². The summed E-state index contributed by atoms with van der Waals surface area (Å²) in [7, 11) is -1.97. The van der Waals surface area contributed by atoms with E-state index in [-0.39, 0.29) is 10.8 Å². The molecule has 6 nitrogen and oxygen atoms in total. The van der Waals surface area contributed by atoms with Crippen LogP contribution in [0.4, 0.5) is 11.4 Å². The number of amides is 1. The number of aromatic nitrogens is 1. The molecule has 1 amide bonds. The third kappa shape index (κ3) is 3.05. The second-order valence-electron chi connectivity index (χ2n) is 5.53. The van der Waals surface area contributed by atoms with Gasteiger partial charge in [0, 0.05) is 31.0 Å². The van der Waals surface area contributed by atoms with Crippen molar-refractivity contribution in [3.63, 3.8) is 0 Å². The summed E-state index contributed by atoms with van der Waals surface area (Å²) >= 11 is 0. The average molecular weight is 331 g/mol.